The molecule has 0 saturated carbocycles. The lowest BCUT2D eigenvalue weighted by atomic mass is 10.2. The first-order chi connectivity index (χ1) is 17.9. The number of piperazine rings is 1. The molecule has 1 unspecified atom stereocenters. The van der Waals surface area contributed by atoms with Gasteiger partial charge in [0.2, 0.25) is 17.2 Å². The second-order valence-corrected chi connectivity index (χ2v) is 9.78. The smallest absolute Gasteiger partial charge is 0.232 e. The van der Waals surface area contributed by atoms with Crippen LogP contribution in [0.3, 0.4) is 0 Å². The molecule has 5 rings (SSSR count). The molecule has 0 bridgehead atoms. The van der Waals surface area contributed by atoms with Gasteiger partial charge in [-0.2, -0.15) is 4.98 Å². The Morgan fingerprint density at radius 2 is 1.81 bits per heavy atom. The Balaban J connectivity index is 1.35. The first kappa shape index (κ1) is 25.2. The third-order valence-electron chi connectivity index (χ3n) is 6.01. The standard InChI is InChI=1S/C24H26ClN9O2S/c1-33-8-10-34(11-9-33)22-15-26-20-7-6-17(12-21(20)30-22)29-24-27-14-18(25)23(32-24)31-19-5-3-2-4-16(19)13-28-37(35)36/h2-7,12,14-15,28H,8-11,13H2,1H3,(H,35,36)(H2,27,29,31,32). The van der Waals surface area contributed by atoms with Gasteiger partial charge in [0.15, 0.2) is 5.82 Å². The van der Waals surface area contributed by atoms with Gasteiger partial charge in [0.25, 0.3) is 0 Å². The first-order valence-corrected chi connectivity index (χ1v) is 13.1. The summed E-state index contributed by atoms with van der Waals surface area (Å²) in [6, 6.07) is 13.1. The van der Waals surface area contributed by atoms with E-state index >= 15 is 0 Å². The van der Waals surface area contributed by atoms with Gasteiger partial charge in [-0.05, 0) is 36.9 Å². The molecule has 4 N–H and O–H groups in total. The van der Waals surface area contributed by atoms with E-state index in [0.717, 1.165) is 54.3 Å². The van der Waals surface area contributed by atoms with Crippen molar-refractivity contribution in [3.05, 3.63) is 65.4 Å². The number of aromatic nitrogens is 4. The van der Waals surface area contributed by atoms with E-state index in [9.17, 15) is 4.21 Å². The summed E-state index contributed by atoms with van der Waals surface area (Å²) in [6.07, 6.45) is 3.34. The second-order valence-electron chi connectivity index (χ2n) is 8.59. The fourth-order valence-electron chi connectivity index (χ4n) is 3.97. The van der Waals surface area contributed by atoms with Gasteiger partial charge in [-0.15, -0.1) is 0 Å². The molecule has 37 heavy (non-hydrogen) atoms. The fraction of sp³-hybridized carbons (Fsp3) is 0.250. The molecule has 4 aromatic rings. The van der Waals surface area contributed by atoms with Crippen LogP contribution in [0, 0.1) is 0 Å². The van der Waals surface area contributed by atoms with Gasteiger partial charge in [-0.1, -0.05) is 29.8 Å². The summed E-state index contributed by atoms with van der Waals surface area (Å²) < 4.78 is 22.6. The largest absolute Gasteiger partial charge is 0.353 e. The van der Waals surface area contributed by atoms with Gasteiger partial charge in [0.1, 0.15) is 10.8 Å². The van der Waals surface area contributed by atoms with Crippen LogP contribution in [0.1, 0.15) is 5.56 Å². The quantitative estimate of drug-likeness (QED) is 0.246. The van der Waals surface area contributed by atoms with Crippen molar-refractivity contribution in [3.63, 3.8) is 0 Å². The zero-order chi connectivity index (χ0) is 25.8. The molecular weight excluding hydrogens is 514 g/mol. The molecule has 2 aromatic carbocycles. The number of para-hydroxylation sites is 1. The van der Waals surface area contributed by atoms with E-state index < -0.39 is 11.3 Å². The SMILES string of the molecule is CN1CCN(c2cnc3ccc(Nc4ncc(Cl)c(Nc5ccccc5CNS(=O)O)n4)cc3n2)CC1. The van der Waals surface area contributed by atoms with Crippen LogP contribution in [-0.2, 0) is 17.8 Å². The molecule has 11 nitrogen and oxygen atoms in total. The Bertz CT molecular complexity index is 1430. The van der Waals surface area contributed by atoms with Crippen LogP contribution in [0.5, 0.6) is 0 Å². The van der Waals surface area contributed by atoms with E-state index in [2.05, 4.69) is 47.2 Å². The molecule has 0 aliphatic carbocycles. The summed E-state index contributed by atoms with van der Waals surface area (Å²) >= 11 is 4.24. The van der Waals surface area contributed by atoms with Crippen molar-refractivity contribution in [1.29, 1.82) is 0 Å². The van der Waals surface area contributed by atoms with E-state index in [4.69, 9.17) is 21.1 Å². The molecule has 1 aliphatic heterocycles. The molecule has 3 heterocycles. The lowest BCUT2D eigenvalue weighted by Crippen LogP contribution is -2.44. The third-order valence-corrected chi connectivity index (χ3v) is 6.68. The van der Waals surface area contributed by atoms with Crippen molar-refractivity contribution >= 4 is 62.9 Å². The number of likely N-dealkylation sites (N-methyl/N-ethyl adjacent to an activating group) is 1. The van der Waals surface area contributed by atoms with Gasteiger partial charge < -0.3 is 20.4 Å². The van der Waals surface area contributed by atoms with E-state index in [1.807, 2.05) is 48.7 Å². The number of nitrogens with zero attached hydrogens (tertiary/aromatic N) is 6. The Kier molecular flexibility index (Phi) is 7.72. The molecule has 0 amide bonds. The lowest BCUT2D eigenvalue weighted by molar-refractivity contribution is 0.312. The topological polar surface area (TPSA) is 131 Å². The molecule has 1 atom stereocenters. The zero-order valence-corrected chi connectivity index (χ0v) is 21.6. The minimum Gasteiger partial charge on any atom is -0.353 e. The first-order valence-electron chi connectivity index (χ1n) is 11.6. The van der Waals surface area contributed by atoms with Crippen LogP contribution in [0.4, 0.5) is 29.0 Å². The molecule has 1 fully saturated rings. The number of rotatable bonds is 8. The summed E-state index contributed by atoms with van der Waals surface area (Å²) in [5.74, 6) is 1.61. The number of hydrogen-bond donors (Lipinski definition) is 4. The number of nitrogens with one attached hydrogen (secondary N) is 3. The predicted octanol–water partition coefficient (Wildman–Crippen LogP) is 3.54. The van der Waals surface area contributed by atoms with Crippen molar-refractivity contribution in [2.45, 2.75) is 6.54 Å². The van der Waals surface area contributed by atoms with Crippen molar-refractivity contribution in [2.24, 2.45) is 0 Å². The lowest BCUT2D eigenvalue weighted by Gasteiger charge is -2.33. The van der Waals surface area contributed by atoms with Crippen LogP contribution in [0.25, 0.3) is 11.0 Å². The van der Waals surface area contributed by atoms with E-state index in [-0.39, 0.29) is 6.54 Å². The Morgan fingerprint density at radius 3 is 2.62 bits per heavy atom. The van der Waals surface area contributed by atoms with Crippen LogP contribution < -0.4 is 20.3 Å². The minimum atomic E-state index is -2.12. The van der Waals surface area contributed by atoms with Gasteiger partial charge >= 0.3 is 0 Å². The highest BCUT2D eigenvalue weighted by Gasteiger charge is 2.16. The van der Waals surface area contributed by atoms with Crippen molar-refractivity contribution in [2.75, 3.05) is 48.8 Å². The maximum absolute atomic E-state index is 11.0. The van der Waals surface area contributed by atoms with Crippen molar-refractivity contribution < 1.29 is 8.76 Å². The fourth-order valence-corrected chi connectivity index (χ4v) is 4.39. The van der Waals surface area contributed by atoms with E-state index in [1.165, 1.54) is 6.20 Å². The van der Waals surface area contributed by atoms with Crippen molar-refractivity contribution in [1.82, 2.24) is 29.6 Å². The van der Waals surface area contributed by atoms with Gasteiger partial charge in [-0.25, -0.2) is 18.9 Å². The molecule has 1 aliphatic rings. The maximum atomic E-state index is 11.0. The van der Waals surface area contributed by atoms with Gasteiger partial charge in [0.05, 0.1) is 23.4 Å². The minimum absolute atomic E-state index is 0.189. The predicted molar refractivity (Wildman–Crippen MR) is 147 cm³/mol. The van der Waals surface area contributed by atoms with Gasteiger partial charge in [0, 0.05) is 44.1 Å². The highest BCUT2D eigenvalue weighted by Crippen LogP contribution is 2.27. The maximum Gasteiger partial charge on any atom is 0.232 e. The number of anilines is 5. The summed E-state index contributed by atoms with van der Waals surface area (Å²) in [7, 11) is 2.12. The Labute approximate surface area is 221 Å². The second kappa shape index (κ2) is 11.3. The Morgan fingerprint density at radius 1 is 1.00 bits per heavy atom. The average molecular weight is 540 g/mol. The van der Waals surface area contributed by atoms with E-state index in [1.54, 1.807) is 0 Å². The Hall–Kier alpha value is -3.42. The number of hydrogen-bond acceptors (Lipinski definition) is 9. The monoisotopic (exact) mass is 539 g/mol. The molecule has 0 radical (unpaired) electrons. The van der Waals surface area contributed by atoms with Crippen LogP contribution in [-0.4, -0.2) is 66.8 Å². The summed E-state index contributed by atoms with van der Waals surface area (Å²) in [5, 5.41) is 6.74. The normalized spacial score (nSPS) is 15.1. The molecule has 2 aromatic heterocycles. The third kappa shape index (κ3) is 6.29. The molecule has 0 spiro atoms. The average Bonchev–Trinajstić information content (AvgIpc) is 2.90. The van der Waals surface area contributed by atoms with Crippen LogP contribution >= 0.6 is 11.6 Å². The number of halogens is 1. The summed E-state index contributed by atoms with van der Waals surface area (Å²) in [4.78, 5) is 22.8. The van der Waals surface area contributed by atoms with Crippen LogP contribution in [0.2, 0.25) is 5.02 Å². The van der Waals surface area contributed by atoms with Crippen molar-refractivity contribution in [3.8, 4) is 0 Å². The number of benzene rings is 2. The molecule has 1 saturated heterocycles. The van der Waals surface area contributed by atoms with E-state index in [0.29, 0.717) is 22.5 Å². The molecule has 13 heteroatoms. The van der Waals surface area contributed by atoms with Crippen LogP contribution in [0.15, 0.2) is 54.9 Å². The highest BCUT2D eigenvalue weighted by atomic mass is 35.5. The summed E-state index contributed by atoms with van der Waals surface area (Å²) in [5.41, 5.74) is 3.82. The highest BCUT2D eigenvalue weighted by molar-refractivity contribution is 7.77. The summed E-state index contributed by atoms with van der Waals surface area (Å²) in [6.45, 7) is 4.01. The molecular formula is C24H26ClN9O2S. The zero-order valence-electron chi connectivity index (χ0n) is 20.1. The number of fused-ring (bicyclic) bond motifs is 1. The van der Waals surface area contributed by atoms with Gasteiger partial charge in [-0.3, -0.25) is 9.54 Å². The molecule has 192 valence electrons.